The van der Waals surface area contributed by atoms with Gasteiger partial charge in [0.15, 0.2) is 6.29 Å². The van der Waals surface area contributed by atoms with Crippen LogP contribution in [0.4, 0.5) is 4.79 Å². The first kappa shape index (κ1) is 12.0. The van der Waals surface area contributed by atoms with E-state index in [1.54, 1.807) is 6.92 Å². The Labute approximate surface area is 94.1 Å². The normalized spacial score (nSPS) is 11.6. The molecule has 4 nitrogen and oxygen atoms in total. The first-order chi connectivity index (χ1) is 7.56. The van der Waals surface area contributed by atoms with Gasteiger partial charge in [-0.1, -0.05) is 24.3 Å². The fourth-order valence-corrected chi connectivity index (χ4v) is 1.48. The van der Waals surface area contributed by atoms with Gasteiger partial charge in [-0.3, -0.25) is 4.79 Å². The van der Waals surface area contributed by atoms with Crippen molar-refractivity contribution in [1.82, 2.24) is 5.32 Å². The molecule has 3 N–H and O–H groups in total. The molecule has 0 aliphatic heterocycles. The van der Waals surface area contributed by atoms with E-state index in [1.165, 1.54) is 0 Å². The molecule has 0 aliphatic carbocycles. The second kappa shape index (κ2) is 5.11. The SMILES string of the molecule is CC(=C(C=O)NC(N)=O)c1ccccc1C. The number of carbonyl (C=O) groups is 2. The summed E-state index contributed by atoms with van der Waals surface area (Å²) in [6.07, 6.45) is 0.590. The molecule has 0 saturated carbocycles. The third-order valence-electron chi connectivity index (χ3n) is 2.33. The zero-order valence-electron chi connectivity index (χ0n) is 9.28. The molecule has 1 aromatic carbocycles. The van der Waals surface area contributed by atoms with Gasteiger partial charge in [-0.15, -0.1) is 0 Å². The van der Waals surface area contributed by atoms with Crippen molar-refractivity contribution in [3.05, 3.63) is 41.1 Å². The third kappa shape index (κ3) is 2.70. The monoisotopic (exact) mass is 218 g/mol. The number of rotatable bonds is 3. The maximum absolute atomic E-state index is 10.8. The summed E-state index contributed by atoms with van der Waals surface area (Å²) >= 11 is 0. The predicted molar refractivity (Wildman–Crippen MR) is 62.6 cm³/mol. The first-order valence-electron chi connectivity index (χ1n) is 4.84. The molecule has 0 aliphatic rings. The van der Waals surface area contributed by atoms with Gasteiger partial charge in [0.25, 0.3) is 0 Å². The third-order valence-corrected chi connectivity index (χ3v) is 2.33. The molecule has 0 aromatic heterocycles. The quantitative estimate of drug-likeness (QED) is 0.597. The highest BCUT2D eigenvalue weighted by molar-refractivity contribution is 5.92. The van der Waals surface area contributed by atoms with Crippen molar-refractivity contribution in [2.75, 3.05) is 0 Å². The Morgan fingerprint density at radius 1 is 1.38 bits per heavy atom. The van der Waals surface area contributed by atoms with E-state index in [9.17, 15) is 9.59 Å². The van der Waals surface area contributed by atoms with Crippen LogP contribution in [-0.4, -0.2) is 12.3 Å². The van der Waals surface area contributed by atoms with Crippen molar-refractivity contribution >= 4 is 17.9 Å². The van der Waals surface area contributed by atoms with Gasteiger partial charge in [-0.2, -0.15) is 0 Å². The molecule has 2 amide bonds. The molecule has 16 heavy (non-hydrogen) atoms. The standard InChI is InChI=1S/C12H14N2O2/c1-8-5-3-4-6-10(8)9(2)11(7-15)14-12(13)16/h3-7H,1-2H3,(H3,13,14,16). The van der Waals surface area contributed by atoms with E-state index in [-0.39, 0.29) is 5.70 Å². The number of carbonyl (C=O) groups excluding carboxylic acids is 2. The van der Waals surface area contributed by atoms with Gasteiger partial charge in [0.05, 0.1) is 5.70 Å². The van der Waals surface area contributed by atoms with E-state index in [0.29, 0.717) is 11.9 Å². The Morgan fingerprint density at radius 3 is 2.50 bits per heavy atom. The first-order valence-corrected chi connectivity index (χ1v) is 4.84. The van der Waals surface area contributed by atoms with Crippen LogP contribution in [0.25, 0.3) is 5.57 Å². The van der Waals surface area contributed by atoms with Crippen molar-refractivity contribution in [3.8, 4) is 0 Å². The highest BCUT2D eigenvalue weighted by atomic mass is 16.2. The zero-order valence-corrected chi connectivity index (χ0v) is 9.28. The van der Waals surface area contributed by atoms with Crippen LogP contribution in [0, 0.1) is 6.92 Å². The van der Waals surface area contributed by atoms with Gasteiger partial charge in [-0.05, 0) is 30.5 Å². The molecule has 0 spiro atoms. The number of primary amides is 1. The van der Waals surface area contributed by atoms with Crippen LogP contribution in [-0.2, 0) is 4.79 Å². The largest absolute Gasteiger partial charge is 0.351 e. The number of amides is 2. The van der Waals surface area contributed by atoms with Crippen LogP contribution in [0.1, 0.15) is 18.1 Å². The smallest absolute Gasteiger partial charge is 0.316 e. The number of benzene rings is 1. The van der Waals surface area contributed by atoms with E-state index < -0.39 is 6.03 Å². The lowest BCUT2D eigenvalue weighted by molar-refractivity contribution is -0.105. The van der Waals surface area contributed by atoms with Gasteiger partial charge in [0, 0.05) is 0 Å². The molecule has 0 heterocycles. The number of nitrogens with two attached hydrogens (primary N) is 1. The van der Waals surface area contributed by atoms with Gasteiger partial charge in [0.1, 0.15) is 0 Å². The summed E-state index contributed by atoms with van der Waals surface area (Å²) in [7, 11) is 0. The summed E-state index contributed by atoms with van der Waals surface area (Å²) in [5.41, 5.74) is 7.82. The highest BCUT2D eigenvalue weighted by Gasteiger charge is 2.07. The van der Waals surface area contributed by atoms with E-state index in [1.807, 2.05) is 31.2 Å². The topological polar surface area (TPSA) is 72.2 Å². The van der Waals surface area contributed by atoms with Crippen molar-refractivity contribution < 1.29 is 9.59 Å². The average Bonchev–Trinajstić information content (AvgIpc) is 2.25. The molecule has 1 rings (SSSR count). The average molecular weight is 218 g/mol. The number of hydrogen-bond donors (Lipinski definition) is 2. The van der Waals surface area contributed by atoms with Crippen molar-refractivity contribution in [2.24, 2.45) is 5.73 Å². The van der Waals surface area contributed by atoms with Gasteiger partial charge < -0.3 is 11.1 Å². The molecule has 4 heteroatoms. The predicted octanol–water partition coefficient (Wildman–Crippen LogP) is 1.59. The fraction of sp³-hybridized carbons (Fsp3) is 0.167. The van der Waals surface area contributed by atoms with E-state index in [4.69, 9.17) is 5.73 Å². The Balaban J connectivity index is 3.19. The molecular weight excluding hydrogens is 204 g/mol. The van der Waals surface area contributed by atoms with Gasteiger partial charge in [0.2, 0.25) is 0 Å². The van der Waals surface area contributed by atoms with Crippen LogP contribution in [0.15, 0.2) is 30.0 Å². The molecule has 84 valence electrons. The summed E-state index contributed by atoms with van der Waals surface area (Å²) in [6, 6.07) is 6.87. The fourth-order valence-electron chi connectivity index (χ4n) is 1.48. The summed E-state index contributed by atoms with van der Waals surface area (Å²) in [5, 5.41) is 2.31. The van der Waals surface area contributed by atoms with Crippen molar-refractivity contribution in [3.63, 3.8) is 0 Å². The molecule has 1 aromatic rings. The summed E-state index contributed by atoms with van der Waals surface area (Å²) < 4.78 is 0. The number of aldehydes is 1. The van der Waals surface area contributed by atoms with Gasteiger partial charge in [-0.25, -0.2) is 4.79 Å². The maximum Gasteiger partial charge on any atom is 0.316 e. The van der Waals surface area contributed by atoms with E-state index >= 15 is 0 Å². The molecule has 0 saturated heterocycles. The van der Waals surface area contributed by atoms with Crippen LogP contribution < -0.4 is 11.1 Å². The Kier molecular flexibility index (Phi) is 3.83. The number of allylic oxidation sites excluding steroid dienone is 2. The Hall–Kier alpha value is -2.10. The lowest BCUT2D eigenvalue weighted by Crippen LogP contribution is -2.29. The minimum Gasteiger partial charge on any atom is -0.351 e. The van der Waals surface area contributed by atoms with Crippen LogP contribution in [0.3, 0.4) is 0 Å². The van der Waals surface area contributed by atoms with E-state index in [0.717, 1.165) is 11.1 Å². The molecule has 0 fully saturated rings. The zero-order chi connectivity index (χ0) is 12.1. The number of nitrogens with one attached hydrogen (secondary N) is 1. The van der Waals surface area contributed by atoms with Crippen molar-refractivity contribution in [2.45, 2.75) is 13.8 Å². The van der Waals surface area contributed by atoms with Crippen molar-refractivity contribution in [1.29, 1.82) is 0 Å². The van der Waals surface area contributed by atoms with Crippen LogP contribution in [0.2, 0.25) is 0 Å². The Bertz CT molecular complexity index is 450. The molecule has 0 radical (unpaired) electrons. The summed E-state index contributed by atoms with van der Waals surface area (Å²) in [6.45, 7) is 3.70. The molecule has 0 bridgehead atoms. The minimum atomic E-state index is -0.741. The summed E-state index contributed by atoms with van der Waals surface area (Å²) in [4.78, 5) is 21.5. The van der Waals surface area contributed by atoms with E-state index in [2.05, 4.69) is 5.32 Å². The second-order valence-electron chi connectivity index (χ2n) is 3.46. The maximum atomic E-state index is 10.8. The molecule has 0 atom stereocenters. The lowest BCUT2D eigenvalue weighted by atomic mass is 10.0. The second-order valence-corrected chi connectivity index (χ2v) is 3.46. The molecule has 0 unspecified atom stereocenters. The number of aryl methyl sites for hydroxylation is 1. The highest BCUT2D eigenvalue weighted by Crippen LogP contribution is 2.19. The number of urea groups is 1. The summed E-state index contributed by atoms with van der Waals surface area (Å²) in [5.74, 6) is 0. The van der Waals surface area contributed by atoms with Crippen LogP contribution >= 0.6 is 0 Å². The molecular formula is C12H14N2O2. The number of hydrogen-bond acceptors (Lipinski definition) is 2. The lowest BCUT2D eigenvalue weighted by Gasteiger charge is -2.09. The minimum absolute atomic E-state index is 0.196. The Morgan fingerprint density at radius 2 is 2.00 bits per heavy atom. The van der Waals surface area contributed by atoms with Crippen LogP contribution in [0.5, 0.6) is 0 Å². The van der Waals surface area contributed by atoms with Gasteiger partial charge >= 0.3 is 6.03 Å².